The zero-order valence-electron chi connectivity index (χ0n) is 18.8. The Morgan fingerprint density at radius 2 is 1.71 bits per heavy atom. The molecule has 3 aromatic rings. The number of benzene rings is 2. The summed E-state index contributed by atoms with van der Waals surface area (Å²) < 4.78 is 6.00. The first kappa shape index (κ1) is 22.1. The molecule has 3 atom stereocenters. The largest absolute Gasteiger partial charge is 0.457 e. The quantitative estimate of drug-likeness (QED) is 0.421. The number of aliphatic hydroxyl groups is 1. The number of aromatic nitrogens is 3. The Morgan fingerprint density at radius 1 is 1.12 bits per heavy atom. The lowest BCUT2D eigenvalue weighted by Crippen LogP contribution is -2.57. The van der Waals surface area contributed by atoms with Gasteiger partial charge in [-0.1, -0.05) is 48.5 Å². The van der Waals surface area contributed by atoms with E-state index in [1.54, 1.807) is 24.3 Å². The lowest BCUT2D eigenvalue weighted by Gasteiger charge is -2.40. The first-order valence-electron chi connectivity index (χ1n) is 11.2. The normalized spacial score (nSPS) is 23.1. The van der Waals surface area contributed by atoms with Crippen LogP contribution in [-0.2, 0) is 19.9 Å². The van der Waals surface area contributed by atoms with Crippen molar-refractivity contribution in [3.8, 4) is 11.1 Å². The van der Waals surface area contributed by atoms with Crippen molar-refractivity contribution in [3.05, 3.63) is 78.1 Å². The molecule has 2 aliphatic rings. The Labute approximate surface area is 196 Å². The van der Waals surface area contributed by atoms with E-state index < -0.39 is 23.5 Å². The molecule has 9 heteroatoms. The van der Waals surface area contributed by atoms with Gasteiger partial charge in [0.15, 0.2) is 5.82 Å². The van der Waals surface area contributed by atoms with Crippen LogP contribution in [0.5, 0.6) is 0 Å². The van der Waals surface area contributed by atoms with E-state index in [2.05, 4.69) is 15.0 Å². The highest BCUT2D eigenvalue weighted by atomic mass is 16.6. The van der Waals surface area contributed by atoms with Gasteiger partial charge in [0.05, 0.1) is 13.6 Å². The van der Waals surface area contributed by atoms with Crippen molar-refractivity contribution in [2.75, 3.05) is 20.2 Å². The van der Waals surface area contributed by atoms with E-state index in [0.29, 0.717) is 23.5 Å². The molecule has 174 valence electrons. The zero-order chi connectivity index (χ0) is 23.9. The average molecular weight is 461 g/mol. The molecule has 2 heterocycles. The number of amides is 1. The molecule has 1 aliphatic heterocycles. The van der Waals surface area contributed by atoms with E-state index in [9.17, 15) is 14.7 Å². The number of hydrogen-bond donors (Lipinski definition) is 2. The molecule has 0 radical (unpaired) electrons. The SMILES string of the molecule is C[N+]1(C(C(N)=O)c2ncncn2)CCC[C@@H]1COC(=O)C1(O)c2ccccc2-c2ccccc21. The second-order valence-corrected chi connectivity index (χ2v) is 9.07. The number of quaternary nitrogens is 1. The summed E-state index contributed by atoms with van der Waals surface area (Å²) in [6, 6.07) is 13.6. The molecule has 5 rings (SSSR count). The minimum atomic E-state index is -1.90. The summed E-state index contributed by atoms with van der Waals surface area (Å²) in [6.45, 7) is 0.675. The van der Waals surface area contributed by atoms with Gasteiger partial charge in [-0.25, -0.2) is 19.7 Å². The Hall–Kier alpha value is -3.69. The molecule has 0 bridgehead atoms. The molecule has 1 amide bonds. The third-order valence-electron chi connectivity index (χ3n) is 7.25. The number of hydrogen-bond acceptors (Lipinski definition) is 7. The van der Waals surface area contributed by atoms with Crippen molar-refractivity contribution in [2.45, 2.75) is 30.5 Å². The van der Waals surface area contributed by atoms with Crippen LogP contribution in [0.15, 0.2) is 61.2 Å². The Morgan fingerprint density at radius 3 is 2.29 bits per heavy atom. The summed E-state index contributed by atoms with van der Waals surface area (Å²) in [5.74, 6) is -0.996. The second-order valence-electron chi connectivity index (χ2n) is 9.07. The molecule has 1 fully saturated rings. The third kappa shape index (κ3) is 3.27. The fraction of sp³-hybridized carbons (Fsp3) is 0.320. The van der Waals surface area contributed by atoms with E-state index in [1.165, 1.54) is 12.7 Å². The lowest BCUT2D eigenvalue weighted by molar-refractivity contribution is -0.942. The highest BCUT2D eigenvalue weighted by Crippen LogP contribution is 2.48. The van der Waals surface area contributed by atoms with Crippen molar-refractivity contribution in [1.82, 2.24) is 15.0 Å². The smallest absolute Gasteiger partial charge is 0.347 e. The number of nitrogens with two attached hydrogens (primary N) is 1. The number of rotatable bonds is 6. The number of nitrogens with zero attached hydrogens (tertiary/aromatic N) is 4. The molecule has 1 aromatic heterocycles. The molecule has 0 saturated carbocycles. The van der Waals surface area contributed by atoms with Crippen LogP contribution in [0.4, 0.5) is 0 Å². The van der Waals surface area contributed by atoms with Gasteiger partial charge >= 0.3 is 5.97 Å². The Kier molecular flexibility index (Phi) is 5.38. The van der Waals surface area contributed by atoms with Crippen LogP contribution >= 0.6 is 0 Å². The second kappa shape index (κ2) is 8.27. The van der Waals surface area contributed by atoms with Gasteiger partial charge in [-0.2, -0.15) is 0 Å². The van der Waals surface area contributed by atoms with Crippen LogP contribution < -0.4 is 5.73 Å². The highest BCUT2D eigenvalue weighted by molar-refractivity contribution is 5.96. The number of likely N-dealkylation sites (tertiary alicyclic amines) is 1. The van der Waals surface area contributed by atoms with Crippen LogP contribution in [0.2, 0.25) is 0 Å². The maximum absolute atomic E-state index is 13.4. The number of likely N-dealkylation sites (N-methyl/N-ethyl adjacent to an activating group) is 1. The molecule has 1 aliphatic carbocycles. The van der Waals surface area contributed by atoms with E-state index in [4.69, 9.17) is 10.5 Å². The predicted octanol–water partition coefficient (Wildman–Crippen LogP) is 1.47. The Bertz CT molecular complexity index is 1210. The number of ether oxygens (including phenoxy) is 1. The topological polar surface area (TPSA) is 128 Å². The number of primary amides is 1. The molecular formula is C25H26N5O4+. The predicted molar refractivity (Wildman–Crippen MR) is 122 cm³/mol. The Balaban J connectivity index is 1.42. The van der Waals surface area contributed by atoms with E-state index in [0.717, 1.165) is 24.0 Å². The summed E-state index contributed by atoms with van der Waals surface area (Å²) >= 11 is 0. The van der Waals surface area contributed by atoms with Crippen molar-refractivity contribution >= 4 is 11.9 Å². The highest BCUT2D eigenvalue weighted by Gasteiger charge is 2.52. The van der Waals surface area contributed by atoms with Gasteiger partial charge in [0.2, 0.25) is 11.6 Å². The molecule has 2 unspecified atom stereocenters. The zero-order valence-corrected chi connectivity index (χ0v) is 18.8. The maximum atomic E-state index is 13.4. The molecule has 3 N–H and O–H groups in total. The van der Waals surface area contributed by atoms with Crippen LogP contribution in [0.1, 0.15) is 35.8 Å². The molecule has 1 saturated heterocycles. The molecule has 2 aromatic carbocycles. The van der Waals surface area contributed by atoms with Crippen LogP contribution in [0.3, 0.4) is 0 Å². The monoisotopic (exact) mass is 460 g/mol. The minimum Gasteiger partial charge on any atom is -0.457 e. The van der Waals surface area contributed by atoms with E-state index >= 15 is 0 Å². The first-order chi connectivity index (χ1) is 16.4. The summed E-state index contributed by atoms with van der Waals surface area (Å²) in [6.07, 6.45) is 4.22. The number of carbonyl (C=O) groups excluding carboxylic acids is 2. The molecule has 34 heavy (non-hydrogen) atoms. The lowest BCUT2D eigenvalue weighted by atomic mass is 9.91. The van der Waals surface area contributed by atoms with Gasteiger partial charge < -0.3 is 20.1 Å². The standard InChI is InChI=1S/C25H25N5O4/c1-30(21(22(26)31)23-28-14-27-15-29-23)12-6-7-16(30)13-34-24(32)25(33)19-10-4-2-8-17(19)18-9-3-5-11-20(18)25/h2-5,8-11,14-16,21,33H,6-7,12-13H2,1H3,(H-,26,31)/p+1/t16-,21?,30?/m1/s1. The average Bonchev–Trinajstić information content (AvgIpc) is 3.34. The first-order valence-corrected chi connectivity index (χ1v) is 11.2. The molecular weight excluding hydrogens is 434 g/mol. The van der Waals surface area contributed by atoms with E-state index in [-0.39, 0.29) is 17.1 Å². The fourth-order valence-electron chi connectivity index (χ4n) is 5.52. The van der Waals surface area contributed by atoms with Crippen molar-refractivity contribution in [1.29, 1.82) is 0 Å². The van der Waals surface area contributed by atoms with Crippen molar-refractivity contribution in [3.63, 3.8) is 0 Å². The van der Waals surface area contributed by atoms with Crippen LogP contribution in [0, 0.1) is 0 Å². The van der Waals surface area contributed by atoms with Gasteiger partial charge in [-0.05, 0) is 11.1 Å². The number of esters is 1. The number of carbonyl (C=O) groups is 2. The summed E-state index contributed by atoms with van der Waals surface area (Å²) in [5.41, 5.74) is 6.51. The number of fused-ring (bicyclic) bond motifs is 3. The van der Waals surface area contributed by atoms with Gasteiger partial charge in [0.25, 0.3) is 5.91 Å². The maximum Gasteiger partial charge on any atom is 0.347 e. The minimum absolute atomic E-state index is 0.0246. The fourth-order valence-corrected chi connectivity index (χ4v) is 5.52. The summed E-state index contributed by atoms with van der Waals surface area (Å²) in [4.78, 5) is 38.0. The van der Waals surface area contributed by atoms with Gasteiger partial charge in [-0.3, -0.25) is 4.79 Å². The van der Waals surface area contributed by atoms with E-state index in [1.807, 2.05) is 31.3 Å². The molecule has 0 spiro atoms. The van der Waals surface area contributed by atoms with Gasteiger partial charge in [0, 0.05) is 24.0 Å². The molecule has 9 nitrogen and oxygen atoms in total. The van der Waals surface area contributed by atoms with Crippen LogP contribution in [0.25, 0.3) is 11.1 Å². The summed E-state index contributed by atoms with van der Waals surface area (Å²) in [5, 5.41) is 11.7. The summed E-state index contributed by atoms with van der Waals surface area (Å²) in [7, 11) is 1.90. The van der Waals surface area contributed by atoms with Crippen molar-refractivity contribution < 1.29 is 23.9 Å². The van der Waals surface area contributed by atoms with Crippen molar-refractivity contribution in [2.24, 2.45) is 5.73 Å². The van der Waals surface area contributed by atoms with Gasteiger partial charge in [-0.15, -0.1) is 0 Å². The van der Waals surface area contributed by atoms with Gasteiger partial charge in [0.1, 0.15) is 25.3 Å². The third-order valence-corrected chi connectivity index (χ3v) is 7.25. The van der Waals surface area contributed by atoms with Crippen LogP contribution in [-0.4, -0.2) is 62.7 Å².